The molecule has 0 saturated heterocycles. The van der Waals surface area contributed by atoms with Crippen LogP contribution < -0.4 is 5.32 Å². The molecule has 2 rings (SSSR count). The zero-order chi connectivity index (χ0) is 15.6. The van der Waals surface area contributed by atoms with Gasteiger partial charge in [0.15, 0.2) is 0 Å². The maximum absolute atomic E-state index is 9.68. The number of hydrogen-bond acceptors (Lipinski definition) is 2. The summed E-state index contributed by atoms with van der Waals surface area (Å²) in [5.41, 5.74) is 1.17. The highest BCUT2D eigenvalue weighted by molar-refractivity contribution is 5.49. The molecule has 1 saturated carbocycles. The molecule has 0 spiro atoms. The lowest BCUT2D eigenvalue weighted by Crippen LogP contribution is -2.44. The van der Waals surface area contributed by atoms with E-state index in [-0.39, 0.29) is 12.6 Å². The number of hydrogen-bond donors (Lipinski definition) is 2. The number of aliphatic hydroxyl groups excluding tert-OH is 1. The third-order valence-corrected chi connectivity index (χ3v) is 4.58. The summed E-state index contributed by atoms with van der Waals surface area (Å²) in [5.74, 6) is 0.714. The minimum atomic E-state index is 0.00656. The quantitative estimate of drug-likeness (QED) is 0.706. The number of aliphatic hydroxyl groups is 1. The van der Waals surface area contributed by atoms with Gasteiger partial charge in [-0.15, -0.1) is 6.58 Å². The topological polar surface area (TPSA) is 32.3 Å². The molecular weight excluding hydrogens is 270 g/mol. The van der Waals surface area contributed by atoms with Crippen molar-refractivity contribution in [1.29, 1.82) is 0 Å². The van der Waals surface area contributed by atoms with Crippen LogP contribution in [0.15, 0.2) is 49.1 Å². The van der Waals surface area contributed by atoms with Crippen LogP contribution in [0.25, 0.3) is 6.08 Å². The largest absolute Gasteiger partial charge is 0.394 e. The summed E-state index contributed by atoms with van der Waals surface area (Å²) in [6.45, 7) is 4.03. The van der Waals surface area contributed by atoms with Crippen LogP contribution in [0, 0.1) is 5.92 Å². The fourth-order valence-corrected chi connectivity index (χ4v) is 3.35. The van der Waals surface area contributed by atoms with E-state index in [2.05, 4.69) is 36.2 Å². The molecule has 2 N–H and O–H groups in total. The van der Waals surface area contributed by atoms with Crippen molar-refractivity contribution in [3.8, 4) is 0 Å². The molecule has 0 aromatic heterocycles. The summed E-state index contributed by atoms with van der Waals surface area (Å²) in [7, 11) is 0. The molecule has 1 aromatic carbocycles. The predicted molar refractivity (Wildman–Crippen MR) is 94.7 cm³/mol. The summed E-state index contributed by atoms with van der Waals surface area (Å²) in [4.78, 5) is 0. The first-order valence-corrected chi connectivity index (χ1v) is 8.54. The Morgan fingerprint density at radius 2 is 1.91 bits per heavy atom. The van der Waals surface area contributed by atoms with Crippen LogP contribution >= 0.6 is 0 Å². The van der Waals surface area contributed by atoms with E-state index in [1.807, 2.05) is 24.3 Å². The third kappa shape index (κ3) is 5.43. The summed E-state index contributed by atoms with van der Waals surface area (Å²) >= 11 is 0. The van der Waals surface area contributed by atoms with Crippen molar-refractivity contribution in [3.05, 3.63) is 54.6 Å². The fourth-order valence-electron chi connectivity index (χ4n) is 3.35. The molecule has 0 amide bonds. The second kappa shape index (κ2) is 9.60. The van der Waals surface area contributed by atoms with Gasteiger partial charge in [0.25, 0.3) is 0 Å². The van der Waals surface area contributed by atoms with Crippen LogP contribution in [0.2, 0.25) is 0 Å². The van der Waals surface area contributed by atoms with E-state index in [0.29, 0.717) is 12.0 Å². The van der Waals surface area contributed by atoms with Gasteiger partial charge in [-0.3, -0.25) is 0 Å². The Labute approximate surface area is 134 Å². The second-order valence-electron chi connectivity index (χ2n) is 6.25. The summed E-state index contributed by atoms with van der Waals surface area (Å²) < 4.78 is 0. The van der Waals surface area contributed by atoms with Gasteiger partial charge in [0.1, 0.15) is 0 Å². The van der Waals surface area contributed by atoms with Gasteiger partial charge in [-0.2, -0.15) is 0 Å². The van der Waals surface area contributed by atoms with Crippen molar-refractivity contribution in [2.75, 3.05) is 6.61 Å². The van der Waals surface area contributed by atoms with E-state index in [1.165, 1.54) is 37.7 Å². The molecule has 0 radical (unpaired) electrons. The minimum Gasteiger partial charge on any atom is -0.394 e. The second-order valence-corrected chi connectivity index (χ2v) is 6.25. The van der Waals surface area contributed by atoms with E-state index < -0.39 is 0 Å². The van der Waals surface area contributed by atoms with Crippen molar-refractivity contribution < 1.29 is 5.11 Å². The van der Waals surface area contributed by atoms with Gasteiger partial charge in [0, 0.05) is 12.1 Å². The highest BCUT2D eigenvalue weighted by Crippen LogP contribution is 2.28. The van der Waals surface area contributed by atoms with E-state index >= 15 is 0 Å². The average Bonchev–Trinajstić information content (AvgIpc) is 2.59. The van der Waals surface area contributed by atoms with Crippen molar-refractivity contribution >= 4 is 6.08 Å². The summed E-state index contributed by atoms with van der Waals surface area (Å²) in [6, 6.07) is 10.7. The predicted octanol–water partition coefficient (Wildman–Crippen LogP) is 4.18. The van der Waals surface area contributed by atoms with Gasteiger partial charge in [-0.25, -0.2) is 0 Å². The Kier molecular flexibility index (Phi) is 7.41. The molecule has 0 bridgehead atoms. The van der Waals surface area contributed by atoms with Crippen molar-refractivity contribution in [3.63, 3.8) is 0 Å². The minimum absolute atomic E-state index is 0.00656. The Balaban J connectivity index is 1.96. The van der Waals surface area contributed by atoms with Crippen molar-refractivity contribution in [2.45, 2.75) is 50.6 Å². The van der Waals surface area contributed by atoms with Gasteiger partial charge < -0.3 is 10.4 Å². The van der Waals surface area contributed by atoms with Gasteiger partial charge >= 0.3 is 0 Å². The van der Waals surface area contributed by atoms with Gasteiger partial charge in [0.05, 0.1) is 6.61 Å². The summed E-state index contributed by atoms with van der Waals surface area (Å²) in [6.07, 6.45) is 13.8. The Hall–Kier alpha value is -1.38. The normalized spacial score (nSPS) is 19.1. The molecule has 2 nitrogen and oxygen atoms in total. The van der Waals surface area contributed by atoms with E-state index in [4.69, 9.17) is 0 Å². The SMILES string of the molecule is C=CC[C@@H](N[C@H](C=Cc1ccccc1)CO)C1CCCCC1. The van der Waals surface area contributed by atoms with E-state index in [9.17, 15) is 5.11 Å². The molecular formula is C20H29NO. The first-order valence-electron chi connectivity index (χ1n) is 8.54. The third-order valence-electron chi connectivity index (χ3n) is 4.58. The van der Waals surface area contributed by atoms with Gasteiger partial charge in [-0.1, -0.05) is 67.8 Å². The fraction of sp³-hybridized carbons (Fsp3) is 0.500. The molecule has 22 heavy (non-hydrogen) atoms. The van der Waals surface area contributed by atoms with Crippen LogP contribution in [-0.4, -0.2) is 23.8 Å². The molecule has 1 fully saturated rings. The number of nitrogens with one attached hydrogen (secondary N) is 1. The molecule has 120 valence electrons. The average molecular weight is 299 g/mol. The smallest absolute Gasteiger partial charge is 0.0620 e. The number of benzene rings is 1. The van der Waals surface area contributed by atoms with E-state index in [0.717, 1.165) is 6.42 Å². The highest BCUT2D eigenvalue weighted by Gasteiger charge is 2.23. The maximum Gasteiger partial charge on any atom is 0.0620 e. The first-order chi connectivity index (χ1) is 10.8. The Morgan fingerprint density at radius 1 is 1.18 bits per heavy atom. The Morgan fingerprint density at radius 3 is 2.55 bits per heavy atom. The van der Waals surface area contributed by atoms with E-state index in [1.54, 1.807) is 0 Å². The standard InChI is InChI=1S/C20H29NO/c1-2-9-20(18-12-7-4-8-13-18)21-19(16-22)15-14-17-10-5-3-6-11-17/h2-3,5-6,10-11,14-15,18-22H,1,4,7-9,12-13,16H2/t19-,20-/m1/s1. The first kappa shape index (κ1) is 17.0. The zero-order valence-electron chi connectivity index (χ0n) is 13.5. The van der Waals surface area contributed by atoms with Crippen LogP contribution in [0.5, 0.6) is 0 Å². The van der Waals surface area contributed by atoms with Crippen molar-refractivity contribution in [1.82, 2.24) is 5.32 Å². The molecule has 1 aliphatic carbocycles. The van der Waals surface area contributed by atoms with Gasteiger partial charge in [0.2, 0.25) is 0 Å². The van der Waals surface area contributed by atoms with Crippen LogP contribution in [0.3, 0.4) is 0 Å². The maximum atomic E-state index is 9.68. The lowest BCUT2D eigenvalue weighted by Gasteiger charge is -2.32. The van der Waals surface area contributed by atoms with Gasteiger partial charge in [-0.05, 0) is 30.7 Å². The zero-order valence-corrected chi connectivity index (χ0v) is 13.5. The molecule has 1 aromatic rings. The number of rotatable bonds is 8. The molecule has 0 aliphatic heterocycles. The van der Waals surface area contributed by atoms with Crippen LogP contribution in [0.4, 0.5) is 0 Å². The monoisotopic (exact) mass is 299 g/mol. The molecule has 0 heterocycles. The molecule has 0 unspecified atom stereocenters. The lowest BCUT2D eigenvalue weighted by molar-refractivity contribution is 0.215. The van der Waals surface area contributed by atoms with Crippen molar-refractivity contribution in [2.24, 2.45) is 5.92 Å². The lowest BCUT2D eigenvalue weighted by atomic mass is 9.82. The van der Waals surface area contributed by atoms with Crippen LogP contribution in [0.1, 0.15) is 44.1 Å². The highest BCUT2D eigenvalue weighted by atomic mass is 16.3. The van der Waals surface area contributed by atoms with Crippen LogP contribution in [-0.2, 0) is 0 Å². The summed E-state index contributed by atoms with van der Waals surface area (Å²) in [5, 5.41) is 13.3. The molecule has 2 atom stereocenters. The Bertz CT molecular complexity index is 448. The molecule has 1 aliphatic rings. The molecule has 2 heteroatoms.